The Morgan fingerprint density at radius 3 is 2.38 bits per heavy atom. The lowest BCUT2D eigenvalue weighted by Crippen LogP contribution is -2.44. The van der Waals surface area contributed by atoms with Crippen molar-refractivity contribution in [3.05, 3.63) is 64.2 Å². The minimum absolute atomic E-state index is 0.152. The second kappa shape index (κ2) is 11.1. The van der Waals surface area contributed by atoms with Crippen molar-refractivity contribution in [3.8, 4) is 5.75 Å². The molecule has 8 heteroatoms. The van der Waals surface area contributed by atoms with Gasteiger partial charge in [0.25, 0.3) is 11.8 Å². The monoisotopic (exact) mass is 417 g/mol. The molecule has 154 valence electrons. The standard InChI is InChI=1S/C21H24ClN3O4/c1-14-5-6-15(2)18(12-14)29-13-20(27)25-24-19(26)4-3-11-23-21(28)16-7-9-17(22)10-8-16/h5-10,12H,3-4,11,13H2,1-2H3,(H,23,28)(H,24,26)(H,25,27). The molecule has 0 spiro atoms. The first-order valence-corrected chi connectivity index (χ1v) is 9.54. The summed E-state index contributed by atoms with van der Waals surface area (Å²) >= 11 is 5.78. The molecule has 0 bridgehead atoms. The summed E-state index contributed by atoms with van der Waals surface area (Å²) in [6.45, 7) is 3.95. The minimum atomic E-state index is -0.463. The maximum absolute atomic E-state index is 11.9. The maximum atomic E-state index is 11.9. The Balaban J connectivity index is 1.60. The van der Waals surface area contributed by atoms with Crippen LogP contribution in [0.2, 0.25) is 5.02 Å². The summed E-state index contributed by atoms with van der Waals surface area (Å²) in [6, 6.07) is 12.2. The van der Waals surface area contributed by atoms with Crippen LogP contribution in [0.3, 0.4) is 0 Å². The first-order valence-electron chi connectivity index (χ1n) is 9.16. The lowest BCUT2D eigenvalue weighted by atomic mass is 10.1. The summed E-state index contributed by atoms with van der Waals surface area (Å²) in [6.07, 6.45) is 0.582. The van der Waals surface area contributed by atoms with Crippen LogP contribution in [0.5, 0.6) is 5.75 Å². The molecule has 3 amide bonds. The van der Waals surface area contributed by atoms with E-state index in [1.807, 2.05) is 32.0 Å². The molecule has 0 fully saturated rings. The van der Waals surface area contributed by atoms with Gasteiger partial charge >= 0.3 is 0 Å². The number of hydrazine groups is 1. The van der Waals surface area contributed by atoms with Crippen molar-refractivity contribution in [2.24, 2.45) is 0 Å². The van der Waals surface area contributed by atoms with E-state index < -0.39 is 5.91 Å². The van der Waals surface area contributed by atoms with Crippen LogP contribution in [0.1, 0.15) is 34.3 Å². The number of halogens is 1. The summed E-state index contributed by atoms with van der Waals surface area (Å²) in [5, 5.41) is 3.27. The van der Waals surface area contributed by atoms with Crippen LogP contribution in [0.4, 0.5) is 0 Å². The van der Waals surface area contributed by atoms with Gasteiger partial charge < -0.3 is 10.1 Å². The predicted molar refractivity (Wildman–Crippen MR) is 111 cm³/mol. The van der Waals surface area contributed by atoms with E-state index in [1.54, 1.807) is 24.3 Å². The Morgan fingerprint density at radius 2 is 1.66 bits per heavy atom. The van der Waals surface area contributed by atoms with E-state index in [1.165, 1.54) is 0 Å². The Labute approximate surface area is 174 Å². The number of amides is 3. The zero-order chi connectivity index (χ0) is 21.2. The van der Waals surface area contributed by atoms with Crippen LogP contribution < -0.4 is 20.9 Å². The van der Waals surface area contributed by atoms with Crippen molar-refractivity contribution in [1.82, 2.24) is 16.2 Å². The molecule has 0 radical (unpaired) electrons. The van der Waals surface area contributed by atoms with E-state index in [9.17, 15) is 14.4 Å². The first kappa shape index (κ1) is 22.2. The van der Waals surface area contributed by atoms with Crippen molar-refractivity contribution >= 4 is 29.3 Å². The fraction of sp³-hybridized carbons (Fsp3) is 0.286. The summed E-state index contributed by atoms with van der Waals surface area (Å²) in [7, 11) is 0. The van der Waals surface area contributed by atoms with E-state index in [4.69, 9.17) is 16.3 Å². The Morgan fingerprint density at radius 1 is 0.966 bits per heavy atom. The number of carbonyl (C=O) groups is 3. The van der Waals surface area contributed by atoms with Gasteiger partial charge in [0.15, 0.2) is 6.61 Å². The fourth-order valence-corrected chi connectivity index (χ4v) is 2.52. The molecular weight excluding hydrogens is 394 g/mol. The van der Waals surface area contributed by atoms with Crippen LogP contribution in [-0.4, -0.2) is 30.9 Å². The number of nitrogens with one attached hydrogen (secondary N) is 3. The second-order valence-corrected chi connectivity index (χ2v) is 6.96. The third-order valence-electron chi connectivity index (χ3n) is 4.02. The average molecular weight is 418 g/mol. The molecular formula is C21H24ClN3O4. The van der Waals surface area contributed by atoms with Crippen molar-refractivity contribution in [3.63, 3.8) is 0 Å². The Kier molecular flexibility index (Phi) is 8.48. The highest BCUT2D eigenvalue weighted by Crippen LogP contribution is 2.18. The van der Waals surface area contributed by atoms with Gasteiger partial charge in [0.05, 0.1) is 0 Å². The molecule has 2 aromatic rings. The molecule has 0 aliphatic carbocycles. The summed E-state index contributed by atoms with van der Waals surface area (Å²) < 4.78 is 5.47. The molecule has 29 heavy (non-hydrogen) atoms. The highest BCUT2D eigenvalue weighted by atomic mass is 35.5. The lowest BCUT2D eigenvalue weighted by molar-refractivity contribution is -0.130. The van der Waals surface area contributed by atoms with Gasteiger partial charge in [-0.1, -0.05) is 23.7 Å². The minimum Gasteiger partial charge on any atom is -0.483 e. The number of ether oxygens (including phenoxy) is 1. The Hall–Kier alpha value is -3.06. The van der Waals surface area contributed by atoms with Crippen molar-refractivity contribution < 1.29 is 19.1 Å². The number of hydrogen-bond acceptors (Lipinski definition) is 4. The topological polar surface area (TPSA) is 96.5 Å². The van der Waals surface area contributed by atoms with Gasteiger partial charge in [-0.3, -0.25) is 25.2 Å². The summed E-state index contributed by atoms with van der Waals surface area (Å²) in [5.74, 6) is -0.428. The molecule has 0 saturated heterocycles. The van der Waals surface area contributed by atoms with Crippen LogP contribution in [-0.2, 0) is 9.59 Å². The summed E-state index contributed by atoms with van der Waals surface area (Å²) in [4.78, 5) is 35.5. The smallest absolute Gasteiger partial charge is 0.276 e. The van der Waals surface area contributed by atoms with Gasteiger partial charge in [0.2, 0.25) is 5.91 Å². The molecule has 0 aliphatic heterocycles. The first-order chi connectivity index (χ1) is 13.8. The predicted octanol–water partition coefficient (Wildman–Crippen LogP) is 2.69. The molecule has 3 N–H and O–H groups in total. The largest absolute Gasteiger partial charge is 0.483 e. The molecule has 0 aromatic heterocycles. The molecule has 2 aromatic carbocycles. The van der Waals surface area contributed by atoms with Gasteiger partial charge in [-0.2, -0.15) is 0 Å². The van der Waals surface area contributed by atoms with Crippen LogP contribution >= 0.6 is 11.6 Å². The zero-order valence-electron chi connectivity index (χ0n) is 16.4. The van der Waals surface area contributed by atoms with E-state index in [0.717, 1.165) is 11.1 Å². The Bertz CT molecular complexity index is 869. The molecule has 0 heterocycles. The number of carbonyl (C=O) groups excluding carboxylic acids is 3. The quantitative estimate of drug-likeness (QED) is 0.454. The zero-order valence-corrected chi connectivity index (χ0v) is 17.1. The molecule has 0 unspecified atom stereocenters. The van der Waals surface area contributed by atoms with Crippen LogP contribution in [0, 0.1) is 13.8 Å². The van der Waals surface area contributed by atoms with Gasteiger partial charge in [0.1, 0.15) is 5.75 Å². The van der Waals surface area contributed by atoms with E-state index in [2.05, 4.69) is 16.2 Å². The normalized spacial score (nSPS) is 10.2. The van der Waals surface area contributed by atoms with E-state index >= 15 is 0 Å². The van der Waals surface area contributed by atoms with Gasteiger partial charge in [-0.05, 0) is 61.7 Å². The second-order valence-electron chi connectivity index (χ2n) is 6.52. The van der Waals surface area contributed by atoms with E-state index in [-0.39, 0.29) is 24.8 Å². The number of rotatable bonds is 8. The third kappa shape index (κ3) is 7.83. The molecule has 7 nitrogen and oxygen atoms in total. The number of aryl methyl sites for hydroxylation is 2. The van der Waals surface area contributed by atoms with Crippen LogP contribution in [0.15, 0.2) is 42.5 Å². The molecule has 0 aliphatic rings. The molecule has 0 atom stereocenters. The summed E-state index contributed by atoms with van der Waals surface area (Å²) in [5.41, 5.74) is 7.08. The number of hydrogen-bond donors (Lipinski definition) is 3. The van der Waals surface area contributed by atoms with Gasteiger partial charge in [-0.25, -0.2) is 0 Å². The van der Waals surface area contributed by atoms with E-state index in [0.29, 0.717) is 29.3 Å². The van der Waals surface area contributed by atoms with Crippen molar-refractivity contribution in [2.75, 3.05) is 13.2 Å². The van der Waals surface area contributed by atoms with Crippen molar-refractivity contribution in [2.45, 2.75) is 26.7 Å². The van der Waals surface area contributed by atoms with Gasteiger partial charge in [-0.15, -0.1) is 0 Å². The molecule has 2 rings (SSSR count). The highest BCUT2D eigenvalue weighted by Gasteiger charge is 2.08. The lowest BCUT2D eigenvalue weighted by Gasteiger charge is -2.11. The molecule has 0 saturated carbocycles. The van der Waals surface area contributed by atoms with Crippen LogP contribution in [0.25, 0.3) is 0 Å². The SMILES string of the molecule is Cc1ccc(C)c(OCC(=O)NNC(=O)CCCNC(=O)c2ccc(Cl)cc2)c1. The fourth-order valence-electron chi connectivity index (χ4n) is 2.40. The van der Waals surface area contributed by atoms with Crippen molar-refractivity contribution in [1.29, 1.82) is 0 Å². The number of benzene rings is 2. The van der Waals surface area contributed by atoms with Gasteiger partial charge in [0, 0.05) is 23.6 Å². The third-order valence-corrected chi connectivity index (χ3v) is 4.27. The average Bonchev–Trinajstić information content (AvgIpc) is 2.70. The highest BCUT2D eigenvalue weighted by molar-refractivity contribution is 6.30. The maximum Gasteiger partial charge on any atom is 0.276 e.